The molecule has 3 rings (SSSR count). The number of benzene rings is 2. The van der Waals surface area contributed by atoms with Crippen LogP contribution in [0.5, 0.6) is 5.75 Å². The van der Waals surface area contributed by atoms with E-state index in [1.165, 1.54) is 18.2 Å². The van der Waals surface area contributed by atoms with Crippen LogP contribution in [-0.2, 0) is 4.79 Å². The van der Waals surface area contributed by atoms with Crippen LogP contribution in [0.25, 0.3) is 5.69 Å². The number of hydrogen-bond donors (Lipinski definition) is 1. The average Bonchev–Trinajstić information content (AvgIpc) is 3.01. The Morgan fingerprint density at radius 2 is 2.00 bits per heavy atom. The molecule has 0 aliphatic rings. The molecule has 1 amide bonds. The highest BCUT2D eigenvalue weighted by Gasteiger charge is 2.17. The van der Waals surface area contributed by atoms with Crippen molar-refractivity contribution in [1.82, 2.24) is 9.78 Å². The third-order valence-corrected chi connectivity index (χ3v) is 3.81. The zero-order valence-electron chi connectivity index (χ0n) is 14.3. The molecular weight excluding hydrogens is 372 g/mol. The molecule has 1 N–H and O–H groups in total. The predicted molar refractivity (Wildman–Crippen MR) is 101 cm³/mol. The summed E-state index contributed by atoms with van der Waals surface area (Å²) in [5.41, 5.74) is 1.21. The van der Waals surface area contributed by atoms with Gasteiger partial charge in [0.2, 0.25) is 0 Å². The smallest absolute Gasteiger partial charge is 0.312 e. The molecule has 27 heavy (non-hydrogen) atoms. The van der Waals surface area contributed by atoms with E-state index in [1.807, 2.05) is 37.3 Å². The lowest BCUT2D eigenvalue weighted by Crippen LogP contribution is -2.22. The molecule has 9 heteroatoms. The Morgan fingerprint density at radius 3 is 2.70 bits per heavy atom. The van der Waals surface area contributed by atoms with Crippen LogP contribution in [0.2, 0.25) is 5.02 Å². The van der Waals surface area contributed by atoms with Crippen molar-refractivity contribution in [3.05, 3.63) is 75.4 Å². The van der Waals surface area contributed by atoms with Crippen molar-refractivity contribution in [2.75, 3.05) is 11.9 Å². The van der Waals surface area contributed by atoms with Crippen molar-refractivity contribution >= 4 is 29.0 Å². The van der Waals surface area contributed by atoms with Crippen molar-refractivity contribution in [2.45, 2.75) is 6.92 Å². The summed E-state index contributed by atoms with van der Waals surface area (Å²) in [4.78, 5) is 22.7. The fraction of sp³-hybridized carbons (Fsp3) is 0.111. The molecule has 1 heterocycles. The maximum atomic E-state index is 12.3. The van der Waals surface area contributed by atoms with Crippen LogP contribution in [0.3, 0.4) is 0 Å². The third kappa shape index (κ3) is 4.42. The number of amides is 1. The average molecular weight is 387 g/mol. The molecule has 0 radical (unpaired) electrons. The number of hydrogen-bond acceptors (Lipinski definition) is 5. The molecule has 3 aromatic rings. The lowest BCUT2D eigenvalue weighted by atomic mass is 10.3. The molecule has 1 aromatic heterocycles. The number of aromatic nitrogens is 2. The van der Waals surface area contributed by atoms with Crippen LogP contribution in [0, 0.1) is 17.0 Å². The van der Waals surface area contributed by atoms with Gasteiger partial charge >= 0.3 is 5.69 Å². The SMILES string of the molecule is Cc1cc(NC(=O)COc2ccc(Cl)cc2[N+](=O)[O-])n(-c2ccccc2)n1. The summed E-state index contributed by atoms with van der Waals surface area (Å²) in [5, 5.41) is 18.3. The standard InChI is InChI=1S/C18H15ClN4O4/c1-12-9-17(22(21-12)14-5-3-2-4-6-14)20-18(24)11-27-16-8-7-13(19)10-15(16)23(25)26/h2-10H,11H2,1H3,(H,20,24). The second-order valence-electron chi connectivity index (χ2n) is 5.62. The molecule has 0 unspecified atom stereocenters. The molecule has 138 valence electrons. The second-order valence-corrected chi connectivity index (χ2v) is 6.06. The molecule has 0 bridgehead atoms. The summed E-state index contributed by atoms with van der Waals surface area (Å²) >= 11 is 5.76. The molecule has 8 nitrogen and oxygen atoms in total. The van der Waals surface area contributed by atoms with E-state index in [2.05, 4.69) is 10.4 Å². The number of carbonyl (C=O) groups is 1. The first-order valence-corrected chi connectivity index (χ1v) is 8.30. The Morgan fingerprint density at radius 1 is 1.26 bits per heavy atom. The van der Waals surface area contributed by atoms with Crippen molar-refractivity contribution < 1.29 is 14.5 Å². The van der Waals surface area contributed by atoms with E-state index in [-0.39, 0.29) is 16.5 Å². The lowest BCUT2D eigenvalue weighted by molar-refractivity contribution is -0.385. The molecule has 0 spiro atoms. The largest absolute Gasteiger partial charge is 0.477 e. The number of nitrogens with zero attached hydrogens (tertiary/aromatic N) is 3. The first-order valence-electron chi connectivity index (χ1n) is 7.93. The fourth-order valence-corrected chi connectivity index (χ4v) is 2.60. The number of anilines is 1. The van der Waals surface area contributed by atoms with E-state index in [0.29, 0.717) is 5.82 Å². The number of nitro benzene ring substituents is 1. The molecular formula is C18H15ClN4O4. The number of rotatable bonds is 6. The number of nitro groups is 1. The predicted octanol–water partition coefficient (Wildman–Crippen LogP) is 3.76. The third-order valence-electron chi connectivity index (χ3n) is 3.58. The summed E-state index contributed by atoms with van der Waals surface area (Å²) in [6, 6.07) is 15.0. The van der Waals surface area contributed by atoms with Crippen molar-refractivity contribution in [3.63, 3.8) is 0 Å². The van der Waals surface area contributed by atoms with Gasteiger partial charge in [0.05, 0.1) is 16.3 Å². The molecule has 0 aliphatic carbocycles. The highest BCUT2D eigenvalue weighted by molar-refractivity contribution is 6.30. The zero-order chi connectivity index (χ0) is 19.4. The van der Waals surface area contributed by atoms with Crippen molar-refractivity contribution in [1.29, 1.82) is 0 Å². The first kappa shape index (κ1) is 18.4. The molecule has 0 aliphatic heterocycles. The Bertz CT molecular complexity index is 988. The van der Waals surface area contributed by atoms with Crippen LogP contribution >= 0.6 is 11.6 Å². The highest BCUT2D eigenvalue weighted by Crippen LogP contribution is 2.29. The maximum absolute atomic E-state index is 12.3. The highest BCUT2D eigenvalue weighted by atomic mass is 35.5. The van der Waals surface area contributed by atoms with E-state index >= 15 is 0 Å². The summed E-state index contributed by atoms with van der Waals surface area (Å²) in [5.74, 6) is -0.0402. The van der Waals surface area contributed by atoms with Crippen LogP contribution in [0.4, 0.5) is 11.5 Å². The van der Waals surface area contributed by atoms with Gasteiger partial charge in [0, 0.05) is 17.2 Å². The number of carbonyl (C=O) groups excluding carboxylic acids is 1. The van der Waals surface area contributed by atoms with E-state index in [1.54, 1.807) is 10.7 Å². The van der Waals surface area contributed by atoms with Gasteiger partial charge in [0.1, 0.15) is 5.82 Å². The number of aryl methyl sites for hydroxylation is 1. The Labute approximate surface area is 159 Å². The maximum Gasteiger partial charge on any atom is 0.312 e. The Balaban J connectivity index is 1.72. The van der Waals surface area contributed by atoms with Crippen LogP contribution in [0.1, 0.15) is 5.69 Å². The fourth-order valence-electron chi connectivity index (χ4n) is 2.43. The lowest BCUT2D eigenvalue weighted by Gasteiger charge is -2.10. The molecule has 0 fully saturated rings. The minimum Gasteiger partial charge on any atom is -0.477 e. The van der Waals surface area contributed by atoms with Crippen LogP contribution in [0.15, 0.2) is 54.6 Å². The van der Waals surface area contributed by atoms with Gasteiger partial charge in [-0.1, -0.05) is 29.8 Å². The van der Waals surface area contributed by atoms with Gasteiger partial charge in [0.25, 0.3) is 5.91 Å². The zero-order valence-corrected chi connectivity index (χ0v) is 15.0. The van der Waals surface area contributed by atoms with Gasteiger partial charge < -0.3 is 10.1 Å². The Kier molecular flexibility index (Phi) is 5.37. The monoisotopic (exact) mass is 386 g/mol. The summed E-state index contributed by atoms with van der Waals surface area (Å²) in [6.07, 6.45) is 0. The Hall–Kier alpha value is -3.39. The second kappa shape index (κ2) is 7.88. The van der Waals surface area contributed by atoms with Crippen molar-refractivity contribution in [3.8, 4) is 11.4 Å². The van der Waals surface area contributed by atoms with Gasteiger partial charge in [-0.15, -0.1) is 0 Å². The van der Waals surface area contributed by atoms with Gasteiger partial charge in [0.15, 0.2) is 12.4 Å². The van der Waals surface area contributed by atoms with E-state index in [0.717, 1.165) is 11.4 Å². The molecule has 2 aromatic carbocycles. The first-order chi connectivity index (χ1) is 12.9. The summed E-state index contributed by atoms with van der Waals surface area (Å²) in [6.45, 7) is 1.41. The number of halogens is 1. The van der Waals surface area contributed by atoms with Gasteiger partial charge in [-0.05, 0) is 31.2 Å². The number of para-hydroxylation sites is 1. The van der Waals surface area contributed by atoms with Crippen LogP contribution < -0.4 is 10.1 Å². The number of ether oxygens (including phenoxy) is 1. The molecule has 0 atom stereocenters. The van der Waals surface area contributed by atoms with Gasteiger partial charge in [-0.25, -0.2) is 4.68 Å². The summed E-state index contributed by atoms with van der Waals surface area (Å²) < 4.78 is 6.89. The quantitative estimate of drug-likeness (QED) is 0.513. The summed E-state index contributed by atoms with van der Waals surface area (Å²) in [7, 11) is 0. The van der Waals surface area contributed by atoms with E-state index in [4.69, 9.17) is 16.3 Å². The van der Waals surface area contributed by atoms with Crippen molar-refractivity contribution in [2.24, 2.45) is 0 Å². The molecule has 0 saturated carbocycles. The minimum absolute atomic E-state index is 0.0349. The van der Waals surface area contributed by atoms with E-state index in [9.17, 15) is 14.9 Å². The van der Waals surface area contributed by atoms with Crippen LogP contribution in [-0.4, -0.2) is 27.2 Å². The minimum atomic E-state index is -0.618. The topological polar surface area (TPSA) is 99.3 Å². The van der Waals surface area contributed by atoms with E-state index < -0.39 is 17.4 Å². The number of nitrogens with one attached hydrogen (secondary N) is 1. The normalized spacial score (nSPS) is 10.4. The molecule has 0 saturated heterocycles. The van der Waals surface area contributed by atoms with Gasteiger partial charge in [-0.3, -0.25) is 14.9 Å². The van der Waals surface area contributed by atoms with Gasteiger partial charge in [-0.2, -0.15) is 5.10 Å².